The second-order valence-corrected chi connectivity index (χ2v) is 5.33. The average molecular weight is 338 g/mol. The summed E-state index contributed by atoms with van der Waals surface area (Å²) < 4.78 is 15.7. The Labute approximate surface area is 142 Å². The minimum absolute atomic E-state index is 0.0206. The molecule has 6 heteroatoms. The Morgan fingerprint density at radius 2 is 1.64 bits per heavy atom. The first-order chi connectivity index (χ1) is 12.0. The van der Waals surface area contributed by atoms with Gasteiger partial charge < -0.3 is 13.9 Å². The van der Waals surface area contributed by atoms with Gasteiger partial charge in [0.2, 0.25) is 5.43 Å². The largest absolute Gasteiger partial charge is 0.463 e. The van der Waals surface area contributed by atoms with Crippen LogP contribution in [0.4, 0.5) is 0 Å². The van der Waals surface area contributed by atoms with E-state index in [-0.39, 0.29) is 27.9 Å². The van der Waals surface area contributed by atoms with Gasteiger partial charge in [0, 0.05) is 26.0 Å². The minimum Gasteiger partial charge on any atom is -0.463 e. The van der Waals surface area contributed by atoms with Gasteiger partial charge in [-0.05, 0) is 5.56 Å². The van der Waals surface area contributed by atoms with Gasteiger partial charge in [0.15, 0.2) is 0 Å². The van der Waals surface area contributed by atoms with Crippen LogP contribution in [0.2, 0.25) is 0 Å². The molecular formula is C19H14O6. The monoisotopic (exact) mass is 338 g/mol. The highest BCUT2D eigenvalue weighted by atomic mass is 16.5. The molecule has 3 rings (SSSR count). The topological polar surface area (TPSA) is 82.8 Å². The third-order valence-electron chi connectivity index (χ3n) is 3.41. The van der Waals surface area contributed by atoms with Crippen LogP contribution in [0.15, 0.2) is 57.9 Å². The lowest BCUT2D eigenvalue weighted by Gasteiger charge is -2.10. The molecule has 1 aromatic heterocycles. The second kappa shape index (κ2) is 6.60. The van der Waals surface area contributed by atoms with Gasteiger partial charge in [0.25, 0.3) is 0 Å². The molecule has 1 heterocycles. The van der Waals surface area contributed by atoms with E-state index in [1.165, 1.54) is 32.2 Å². The number of benzene rings is 2. The summed E-state index contributed by atoms with van der Waals surface area (Å²) in [5, 5.41) is 0.104. The van der Waals surface area contributed by atoms with Gasteiger partial charge >= 0.3 is 11.9 Å². The van der Waals surface area contributed by atoms with Crippen LogP contribution in [0.5, 0.6) is 11.5 Å². The average Bonchev–Trinajstić information content (AvgIpc) is 2.54. The molecule has 0 bridgehead atoms. The second-order valence-electron chi connectivity index (χ2n) is 5.33. The van der Waals surface area contributed by atoms with Crippen molar-refractivity contribution in [2.45, 2.75) is 13.8 Å². The summed E-state index contributed by atoms with van der Waals surface area (Å²) in [7, 11) is 0. The highest BCUT2D eigenvalue weighted by Crippen LogP contribution is 2.31. The third-order valence-corrected chi connectivity index (χ3v) is 3.41. The summed E-state index contributed by atoms with van der Waals surface area (Å²) in [6.07, 6.45) is 1.33. The molecule has 3 aromatic rings. The fourth-order valence-electron chi connectivity index (χ4n) is 2.47. The van der Waals surface area contributed by atoms with Crippen molar-refractivity contribution in [3.05, 3.63) is 59.0 Å². The number of rotatable bonds is 3. The van der Waals surface area contributed by atoms with Crippen LogP contribution < -0.4 is 14.9 Å². The molecule has 0 unspecified atom stereocenters. The lowest BCUT2D eigenvalue weighted by molar-refractivity contribution is -0.132. The van der Waals surface area contributed by atoms with Crippen LogP contribution in [0, 0.1) is 0 Å². The fourth-order valence-corrected chi connectivity index (χ4v) is 2.47. The third kappa shape index (κ3) is 3.42. The zero-order chi connectivity index (χ0) is 18.0. The SMILES string of the molecule is CC(=O)Oc1cc(OC(C)=O)c2c(=O)c(-c3ccccc3)coc2c1. The zero-order valence-corrected chi connectivity index (χ0v) is 13.6. The predicted molar refractivity (Wildman–Crippen MR) is 90.5 cm³/mol. The Hall–Kier alpha value is -3.41. The molecule has 0 saturated carbocycles. The van der Waals surface area contributed by atoms with Gasteiger partial charge in [-0.2, -0.15) is 0 Å². The zero-order valence-electron chi connectivity index (χ0n) is 13.6. The number of carbonyl (C=O) groups is 2. The van der Waals surface area contributed by atoms with Crippen molar-refractivity contribution in [1.29, 1.82) is 0 Å². The lowest BCUT2D eigenvalue weighted by Crippen LogP contribution is -2.10. The van der Waals surface area contributed by atoms with E-state index in [4.69, 9.17) is 13.9 Å². The number of ether oxygens (including phenoxy) is 2. The molecule has 6 nitrogen and oxygen atoms in total. The van der Waals surface area contributed by atoms with E-state index in [1.807, 2.05) is 6.07 Å². The van der Waals surface area contributed by atoms with Crippen LogP contribution >= 0.6 is 0 Å². The van der Waals surface area contributed by atoms with Crippen molar-refractivity contribution in [3.8, 4) is 22.6 Å². The maximum atomic E-state index is 12.9. The number of carbonyl (C=O) groups excluding carboxylic acids is 2. The van der Waals surface area contributed by atoms with Crippen molar-refractivity contribution in [1.82, 2.24) is 0 Å². The molecule has 0 fully saturated rings. The van der Waals surface area contributed by atoms with Crippen LogP contribution in [0.1, 0.15) is 13.8 Å². The Morgan fingerprint density at radius 1 is 0.960 bits per heavy atom. The van der Waals surface area contributed by atoms with Gasteiger partial charge in [0.05, 0.1) is 5.56 Å². The van der Waals surface area contributed by atoms with E-state index in [0.29, 0.717) is 11.1 Å². The molecule has 0 aliphatic heterocycles. The van der Waals surface area contributed by atoms with Crippen LogP contribution in [-0.2, 0) is 9.59 Å². The summed E-state index contributed by atoms with van der Waals surface area (Å²) in [6, 6.07) is 11.7. The molecule has 0 amide bonds. The quantitative estimate of drug-likeness (QED) is 0.538. The van der Waals surface area contributed by atoms with Crippen molar-refractivity contribution in [2.75, 3.05) is 0 Å². The molecule has 2 aromatic carbocycles. The van der Waals surface area contributed by atoms with E-state index in [2.05, 4.69) is 0 Å². The molecule has 0 radical (unpaired) electrons. The van der Waals surface area contributed by atoms with E-state index in [0.717, 1.165) is 0 Å². The van der Waals surface area contributed by atoms with Gasteiger partial charge in [-0.1, -0.05) is 30.3 Å². The molecular weight excluding hydrogens is 324 g/mol. The summed E-state index contributed by atoms with van der Waals surface area (Å²) >= 11 is 0. The molecule has 0 saturated heterocycles. The summed E-state index contributed by atoms with van der Waals surface area (Å²) in [6.45, 7) is 2.46. The van der Waals surface area contributed by atoms with Crippen molar-refractivity contribution < 1.29 is 23.5 Å². The minimum atomic E-state index is -0.606. The Morgan fingerprint density at radius 3 is 2.28 bits per heavy atom. The van der Waals surface area contributed by atoms with E-state index in [1.54, 1.807) is 24.3 Å². The Balaban J connectivity index is 2.27. The number of hydrogen-bond donors (Lipinski definition) is 0. The van der Waals surface area contributed by atoms with E-state index >= 15 is 0 Å². The van der Waals surface area contributed by atoms with Crippen LogP contribution in [0.25, 0.3) is 22.1 Å². The van der Waals surface area contributed by atoms with E-state index < -0.39 is 11.9 Å². The standard InChI is InChI=1S/C19H14O6/c1-11(20)24-14-8-16-18(17(9-14)25-12(2)21)19(22)15(10-23-16)13-6-4-3-5-7-13/h3-10H,1-2H3. The van der Waals surface area contributed by atoms with Gasteiger partial charge in [-0.15, -0.1) is 0 Å². The van der Waals surface area contributed by atoms with Crippen LogP contribution in [-0.4, -0.2) is 11.9 Å². The van der Waals surface area contributed by atoms with Crippen molar-refractivity contribution in [3.63, 3.8) is 0 Å². The lowest BCUT2D eigenvalue weighted by atomic mass is 10.1. The summed E-state index contributed by atoms with van der Waals surface area (Å²) in [4.78, 5) is 35.5. The molecule has 0 aliphatic rings. The first-order valence-electron chi connectivity index (χ1n) is 7.47. The van der Waals surface area contributed by atoms with Gasteiger partial charge in [-0.3, -0.25) is 14.4 Å². The molecule has 0 atom stereocenters. The summed E-state index contributed by atoms with van der Waals surface area (Å²) in [5.41, 5.74) is 0.815. The number of hydrogen-bond acceptors (Lipinski definition) is 6. The van der Waals surface area contributed by atoms with E-state index in [9.17, 15) is 14.4 Å². The van der Waals surface area contributed by atoms with Gasteiger partial charge in [0.1, 0.15) is 28.7 Å². The van der Waals surface area contributed by atoms with Crippen molar-refractivity contribution in [2.24, 2.45) is 0 Å². The molecule has 0 spiro atoms. The number of fused-ring (bicyclic) bond motifs is 1. The van der Waals surface area contributed by atoms with Gasteiger partial charge in [-0.25, -0.2) is 0 Å². The van der Waals surface area contributed by atoms with Crippen molar-refractivity contribution >= 4 is 22.9 Å². The Kier molecular flexibility index (Phi) is 4.35. The first-order valence-corrected chi connectivity index (χ1v) is 7.47. The smallest absolute Gasteiger partial charge is 0.308 e. The highest BCUT2D eigenvalue weighted by Gasteiger charge is 2.17. The molecule has 0 aliphatic carbocycles. The molecule has 126 valence electrons. The maximum absolute atomic E-state index is 12.9. The first kappa shape index (κ1) is 16.4. The maximum Gasteiger partial charge on any atom is 0.308 e. The normalized spacial score (nSPS) is 10.5. The summed E-state index contributed by atoms with van der Waals surface area (Å²) in [5.74, 6) is -1.05. The predicted octanol–water partition coefficient (Wildman–Crippen LogP) is 3.31. The number of esters is 2. The fraction of sp³-hybridized carbons (Fsp3) is 0.105. The Bertz CT molecular complexity index is 1020. The molecule has 0 N–H and O–H groups in total. The molecule has 25 heavy (non-hydrogen) atoms. The van der Waals surface area contributed by atoms with Crippen LogP contribution in [0.3, 0.4) is 0 Å². The highest BCUT2D eigenvalue weighted by molar-refractivity contribution is 5.90.